The Hall–Kier alpha value is -2.29. The lowest BCUT2D eigenvalue weighted by Gasteiger charge is -2.32. The summed E-state index contributed by atoms with van der Waals surface area (Å²) in [5.74, 6) is -0.0512. The predicted octanol–water partition coefficient (Wildman–Crippen LogP) is 2.37. The maximum atomic E-state index is 13.0. The van der Waals surface area contributed by atoms with E-state index in [1.165, 1.54) is 0 Å². The Bertz CT molecular complexity index is 988. The minimum absolute atomic E-state index is 0.0512. The van der Waals surface area contributed by atoms with Crippen LogP contribution in [0.25, 0.3) is 21.6 Å². The molecule has 1 N–H and O–H groups in total. The molecule has 1 fully saturated rings. The number of amides is 1. The number of carbonyl (C=O) groups is 1. The van der Waals surface area contributed by atoms with Gasteiger partial charge in [-0.1, -0.05) is 6.07 Å². The zero-order chi connectivity index (χ0) is 20.4. The Morgan fingerprint density at radius 3 is 2.76 bits per heavy atom. The highest BCUT2D eigenvalue weighted by Crippen LogP contribution is 2.29. The molecule has 0 atom stereocenters. The number of pyridine rings is 1. The van der Waals surface area contributed by atoms with E-state index in [0.717, 1.165) is 66.4 Å². The Balaban J connectivity index is 1.48. The van der Waals surface area contributed by atoms with Crippen molar-refractivity contribution >= 4 is 28.3 Å². The van der Waals surface area contributed by atoms with Crippen molar-refractivity contribution in [1.82, 2.24) is 29.9 Å². The molecule has 29 heavy (non-hydrogen) atoms. The van der Waals surface area contributed by atoms with Crippen LogP contribution in [-0.2, 0) is 7.05 Å². The number of nitrogens with zero attached hydrogens (tertiary/aromatic N) is 5. The fraction of sp³-hybridized carbons (Fsp3) is 0.476. The second-order valence-electron chi connectivity index (χ2n) is 7.69. The number of hydrogen-bond donors (Lipinski definition) is 1. The first-order valence-electron chi connectivity index (χ1n) is 10.1. The van der Waals surface area contributed by atoms with E-state index >= 15 is 0 Å². The fourth-order valence-corrected chi connectivity index (χ4v) is 4.53. The van der Waals surface area contributed by atoms with Crippen molar-refractivity contribution < 1.29 is 4.79 Å². The van der Waals surface area contributed by atoms with E-state index < -0.39 is 0 Å². The lowest BCUT2D eigenvalue weighted by molar-refractivity contribution is 0.0951. The standard InChI is InChI=1S/C21H28N6OS/c1-15-19-16(21(28)22-7-5-8-27-11-9-25(2)10-12-27)14-17(18-6-4-13-29-18)23-20(19)26(3)24-15/h4,6,13-14H,5,7-12H2,1-3H3,(H,22,28). The van der Waals surface area contributed by atoms with Gasteiger partial charge < -0.3 is 15.1 Å². The topological polar surface area (TPSA) is 66.3 Å². The molecule has 1 amide bonds. The molecular formula is C21H28N6OS. The van der Waals surface area contributed by atoms with Gasteiger partial charge in [0.2, 0.25) is 0 Å². The minimum Gasteiger partial charge on any atom is -0.352 e. The van der Waals surface area contributed by atoms with Crippen LogP contribution in [0, 0.1) is 6.92 Å². The molecule has 1 aliphatic rings. The van der Waals surface area contributed by atoms with Gasteiger partial charge in [0.25, 0.3) is 5.91 Å². The van der Waals surface area contributed by atoms with Crippen LogP contribution in [0.15, 0.2) is 23.6 Å². The summed E-state index contributed by atoms with van der Waals surface area (Å²) < 4.78 is 1.76. The Labute approximate surface area is 175 Å². The van der Waals surface area contributed by atoms with Crippen molar-refractivity contribution in [2.24, 2.45) is 7.05 Å². The zero-order valence-corrected chi connectivity index (χ0v) is 18.1. The SMILES string of the molecule is Cc1nn(C)c2nc(-c3cccs3)cc(C(=O)NCCCN3CCN(C)CC3)c12. The third-order valence-corrected chi connectivity index (χ3v) is 6.41. The van der Waals surface area contributed by atoms with Gasteiger partial charge in [0.05, 0.1) is 27.2 Å². The normalized spacial score (nSPS) is 15.8. The van der Waals surface area contributed by atoms with Gasteiger partial charge in [-0.3, -0.25) is 9.48 Å². The van der Waals surface area contributed by atoms with Crippen LogP contribution >= 0.6 is 11.3 Å². The largest absolute Gasteiger partial charge is 0.352 e. The van der Waals surface area contributed by atoms with Crippen molar-refractivity contribution in [1.29, 1.82) is 0 Å². The highest BCUT2D eigenvalue weighted by molar-refractivity contribution is 7.13. The van der Waals surface area contributed by atoms with Crippen LogP contribution in [0.5, 0.6) is 0 Å². The number of nitrogens with one attached hydrogen (secondary N) is 1. The lowest BCUT2D eigenvalue weighted by atomic mass is 10.1. The Morgan fingerprint density at radius 1 is 1.24 bits per heavy atom. The number of thiophene rings is 1. The predicted molar refractivity (Wildman–Crippen MR) is 117 cm³/mol. The molecule has 1 aliphatic heterocycles. The van der Waals surface area contributed by atoms with E-state index in [4.69, 9.17) is 4.98 Å². The van der Waals surface area contributed by atoms with Crippen LogP contribution in [-0.4, -0.2) is 76.8 Å². The number of fused-ring (bicyclic) bond motifs is 1. The van der Waals surface area contributed by atoms with Gasteiger partial charge in [-0.05, 0) is 44.4 Å². The number of rotatable bonds is 6. The summed E-state index contributed by atoms with van der Waals surface area (Å²) in [5.41, 5.74) is 3.05. The van der Waals surface area contributed by atoms with Gasteiger partial charge in [0.1, 0.15) is 0 Å². The zero-order valence-electron chi connectivity index (χ0n) is 17.3. The molecule has 0 spiro atoms. The molecule has 1 saturated heterocycles. The summed E-state index contributed by atoms with van der Waals surface area (Å²) in [6.45, 7) is 8.07. The van der Waals surface area contributed by atoms with E-state index in [1.54, 1.807) is 16.0 Å². The van der Waals surface area contributed by atoms with Crippen LogP contribution in [0.2, 0.25) is 0 Å². The molecule has 3 aromatic rings. The molecule has 154 valence electrons. The summed E-state index contributed by atoms with van der Waals surface area (Å²) in [5, 5.41) is 10.5. The van der Waals surface area contributed by atoms with Crippen LogP contribution in [0.3, 0.4) is 0 Å². The van der Waals surface area contributed by atoms with Crippen LogP contribution in [0.1, 0.15) is 22.5 Å². The summed E-state index contributed by atoms with van der Waals surface area (Å²) in [4.78, 5) is 23.7. The molecule has 3 aromatic heterocycles. The fourth-order valence-electron chi connectivity index (χ4n) is 3.85. The number of likely N-dealkylation sites (N-methyl/N-ethyl adjacent to an activating group) is 1. The number of carbonyl (C=O) groups excluding carboxylic acids is 1. The van der Waals surface area contributed by atoms with Crippen molar-refractivity contribution in [3.8, 4) is 10.6 Å². The molecule has 4 heterocycles. The molecular weight excluding hydrogens is 384 g/mol. The van der Waals surface area contributed by atoms with Gasteiger partial charge in [0.15, 0.2) is 5.65 Å². The summed E-state index contributed by atoms with van der Waals surface area (Å²) in [7, 11) is 4.04. The first kappa shape index (κ1) is 20.0. The maximum absolute atomic E-state index is 13.0. The molecule has 0 radical (unpaired) electrons. The van der Waals surface area contributed by atoms with Gasteiger partial charge in [-0.25, -0.2) is 4.98 Å². The van der Waals surface area contributed by atoms with E-state index in [9.17, 15) is 4.79 Å². The van der Waals surface area contributed by atoms with Crippen molar-refractivity contribution in [3.05, 3.63) is 34.8 Å². The van der Waals surface area contributed by atoms with Crippen molar-refractivity contribution in [2.75, 3.05) is 46.3 Å². The Morgan fingerprint density at radius 2 is 2.03 bits per heavy atom. The summed E-state index contributed by atoms with van der Waals surface area (Å²) in [6.07, 6.45) is 0.952. The summed E-state index contributed by atoms with van der Waals surface area (Å²) in [6, 6.07) is 5.93. The highest BCUT2D eigenvalue weighted by Gasteiger charge is 2.19. The Kier molecular flexibility index (Phi) is 5.94. The average molecular weight is 413 g/mol. The molecule has 0 saturated carbocycles. The molecule has 0 aromatic carbocycles. The van der Waals surface area contributed by atoms with Gasteiger partial charge in [0, 0.05) is 39.8 Å². The minimum atomic E-state index is -0.0512. The summed E-state index contributed by atoms with van der Waals surface area (Å²) >= 11 is 1.62. The van der Waals surface area contributed by atoms with Gasteiger partial charge >= 0.3 is 0 Å². The first-order chi connectivity index (χ1) is 14.0. The van der Waals surface area contributed by atoms with Crippen LogP contribution in [0.4, 0.5) is 0 Å². The second kappa shape index (κ2) is 8.61. The number of aromatic nitrogens is 3. The van der Waals surface area contributed by atoms with E-state index in [-0.39, 0.29) is 5.91 Å². The number of piperazine rings is 1. The molecule has 0 aliphatic carbocycles. The van der Waals surface area contributed by atoms with E-state index in [0.29, 0.717) is 12.1 Å². The quantitative estimate of drug-likeness (QED) is 0.630. The third kappa shape index (κ3) is 4.34. The maximum Gasteiger partial charge on any atom is 0.252 e. The number of hydrogen-bond acceptors (Lipinski definition) is 6. The molecule has 4 rings (SSSR count). The monoisotopic (exact) mass is 412 g/mol. The third-order valence-electron chi connectivity index (χ3n) is 5.52. The van der Waals surface area contributed by atoms with Crippen molar-refractivity contribution in [3.63, 3.8) is 0 Å². The lowest BCUT2D eigenvalue weighted by Crippen LogP contribution is -2.45. The molecule has 0 unspecified atom stereocenters. The second-order valence-corrected chi connectivity index (χ2v) is 8.64. The molecule has 7 nitrogen and oxygen atoms in total. The average Bonchev–Trinajstić information content (AvgIpc) is 3.35. The van der Waals surface area contributed by atoms with Crippen molar-refractivity contribution in [2.45, 2.75) is 13.3 Å². The van der Waals surface area contributed by atoms with E-state index in [2.05, 4.69) is 27.3 Å². The highest BCUT2D eigenvalue weighted by atomic mass is 32.1. The van der Waals surface area contributed by atoms with Crippen LogP contribution < -0.4 is 5.32 Å². The van der Waals surface area contributed by atoms with Gasteiger partial charge in [-0.2, -0.15) is 5.10 Å². The smallest absolute Gasteiger partial charge is 0.252 e. The first-order valence-corrected chi connectivity index (χ1v) is 11.0. The molecule has 0 bridgehead atoms. The van der Waals surface area contributed by atoms with Gasteiger partial charge in [-0.15, -0.1) is 11.3 Å². The van der Waals surface area contributed by atoms with E-state index in [1.807, 2.05) is 37.6 Å². The molecule has 8 heteroatoms. The number of aryl methyl sites for hydroxylation is 2.